The fraction of sp³-hybridized carbons (Fsp3) is 0.900. The Morgan fingerprint density at radius 1 is 1.57 bits per heavy atom. The molecule has 1 saturated heterocycles. The molecule has 0 radical (unpaired) electrons. The Bertz CT molecular complexity index is 198. The molecule has 0 aliphatic carbocycles. The minimum absolute atomic E-state index is 0.192. The van der Waals surface area contributed by atoms with Crippen LogP contribution in [0.3, 0.4) is 0 Å². The molecular weight excluding hydrogens is 200 g/mol. The maximum Gasteiger partial charge on any atom is 0.304 e. The molecule has 0 aromatic rings. The number of carboxylic acid groups (broad SMARTS) is 1. The van der Waals surface area contributed by atoms with Gasteiger partial charge in [0.1, 0.15) is 5.44 Å². The summed E-state index contributed by atoms with van der Waals surface area (Å²) in [6, 6.07) is 0. The van der Waals surface area contributed by atoms with Crippen LogP contribution in [0.15, 0.2) is 0 Å². The molecule has 1 unspecified atom stereocenters. The average molecular weight is 218 g/mol. The van der Waals surface area contributed by atoms with Gasteiger partial charge in [-0.3, -0.25) is 4.79 Å². The molecule has 4 heteroatoms. The molecule has 1 atom stereocenters. The van der Waals surface area contributed by atoms with E-state index < -0.39 is 5.97 Å². The SMILES string of the molecule is CC(C)(CC(=O)O)SC1CCCCO1. The molecular formula is C10H18O3S. The monoisotopic (exact) mass is 218 g/mol. The first-order chi connectivity index (χ1) is 6.49. The molecule has 1 heterocycles. The van der Waals surface area contributed by atoms with E-state index in [9.17, 15) is 4.79 Å². The van der Waals surface area contributed by atoms with Crippen LogP contribution in [-0.2, 0) is 9.53 Å². The van der Waals surface area contributed by atoms with E-state index in [-0.39, 0.29) is 16.6 Å². The third-order valence-electron chi connectivity index (χ3n) is 2.17. The topological polar surface area (TPSA) is 46.5 Å². The number of hydrogen-bond acceptors (Lipinski definition) is 3. The minimum atomic E-state index is -0.738. The maximum atomic E-state index is 10.6. The van der Waals surface area contributed by atoms with E-state index in [0.717, 1.165) is 19.4 Å². The van der Waals surface area contributed by atoms with Crippen molar-refractivity contribution in [2.45, 2.75) is 49.7 Å². The van der Waals surface area contributed by atoms with Crippen LogP contribution >= 0.6 is 11.8 Å². The molecule has 0 aromatic carbocycles. The number of rotatable bonds is 4. The first-order valence-corrected chi connectivity index (χ1v) is 5.89. The van der Waals surface area contributed by atoms with Crippen LogP contribution in [0.4, 0.5) is 0 Å². The van der Waals surface area contributed by atoms with Gasteiger partial charge in [-0.2, -0.15) is 0 Å². The highest BCUT2D eigenvalue weighted by atomic mass is 32.2. The second-order valence-corrected chi connectivity index (χ2v) is 6.11. The summed E-state index contributed by atoms with van der Waals surface area (Å²) < 4.78 is 5.34. The number of ether oxygens (including phenoxy) is 1. The Balaban J connectivity index is 2.36. The Kier molecular flexibility index (Phi) is 4.26. The van der Waals surface area contributed by atoms with Crippen molar-refractivity contribution in [1.29, 1.82) is 0 Å². The fourth-order valence-corrected chi connectivity index (χ4v) is 2.93. The highest BCUT2D eigenvalue weighted by Crippen LogP contribution is 2.36. The summed E-state index contributed by atoms with van der Waals surface area (Å²) in [5.74, 6) is -0.738. The molecule has 1 N–H and O–H groups in total. The van der Waals surface area contributed by atoms with Crippen LogP contribution in [0.2, 0.25) is 0 Å². The molecule has 1 rings (SSSR count). The molecule has 1 aliphatic rings. The standard InChI is InChI=1S/C10H18O3S/c1-10(2,7-8(11)12)14-9-5-3-4-6-13-9/h9H,3-7H2,1-2H3,(H,11,12). The minimum Gasteiger partial charge on any atom is -0.481 e. The molecule has 0 amide bonds. The van der Waals surface area contributed by atoms with Gasteiger partial charge in [-0.1, -0.05) is 13.8 Å². The van der Waals surface area contributed by atoms with Crippen LogP contribution in [0.1, 0.15) is 39.5 Å². The lowest BCUT2D eigenvalue weighted by atomic mass is 10.1. The van der Waals surface area contributed by atoms with E-state index >= 15 is 0 Å². The van der Waals surface area contributed by atoms with Gasteiger partial charge in [0.05, 0.1) is 6.42 Å². The quantitative estimate of drug-likeness (QED) is 0.787. The van der Waals surface area contributed by atoms with E-state index in [1.807, 2.05) is 13.8 Å². The Morgan fingerprint density at radius 2 is 2.29 bits per heavy atom. The van der Waals surface area contributed by atoms with Gasteiger partial charge >= 0.3 is 5.97 Å². The van der Waals surface area contributed by atoms with E-state index in [2.05, 4.69) is 0 Å². The first kappa shape index (κ1) is 11.9. The van der Waals surface area contributed by atoms with Crippen molar-refractivity contribution >= 4 is 17.7 Å². The van der Waals surface area contributed by atoms with Crippen molar-refractivity contribution in [3.8, 4) is 0 Å². The van der Waals surface area contributed by atoms with Gasteiger partial charge in [-0.15, -0.1) is 11.8 Å². The first-order valence-electron chi connectivity index (χ1n) is 5.01. The summed E-state index contributed by atoms with van der Waals surface area (Å²) in [6.45, 7) is 4.74. The normalized spacial score (nSPS) is 23.4. The Hall–Kier alpha value is -0.220. The van der Waals surface area contributed by atoms with Crippen molar-refractivity contribution in [2.75, 3.05) is 6.61 Å². The lowest BCUT2D eigenvalue weighted by Crippen LogP contribution is -2.26. The Labute approximate surface area is 89.2 Å². The summed E-state index contributed by atoms with van der Waals surface area (Å²) >= 11 is 1.65. The third kappa shape index (κ3) is 4.33. The predicted octanol–water partition coefficient (Wildman–Crippen LogP) is 2.50. The molecule has 1 fully saturated rings. The number of carbonyl (C=O) groups is 1. The molecule has 14 heavy (non-hydrogen) atoms. The number of carboxylic acids is 1. The molecule has 0 bridgehead atoms. The lowest BCUT2D eigenvalue weighted by molar-refractivity contribution is -0.137. The van der Waals surface area contributed by atoms with Crippen molar-refractivity contribution in [3.63, 3.8) is 0 Å². The predicted molar refractivity (Wildman–Crippen MR) is 57.5 cm³/mol. The van der Waals surface area contributed by atoms with Crippen LogP contribution in [0.25, 0.3) is 0 Å². The lowest BCUT2D eigenvalue weighted by Gasteiger charge is -2.30. The van der Waals surface area contributed by atoms with Gasteiger partial charge in [0.25, 0.3) is 0 Å². The molecule has 0 aromatic heterocycles. The molecule has 0 saturated carbocycles. The second-order valence-electron chi connectivity index (χ2n) is 4.24. The maximum absolute atomic E-state index is 10.6. The Morgan fingerprint density at radius 3 is 2.79 bits per heavy atom. The highest BCUT2D eigenvalue weighted by Gasteiger charge is 2.28. The molecule has 0 spiro atoms. The summed E-state index contributed by atoms with van der Waals surface area (Å²) in [5, 5.41) is 8.72. The third-order valence-corrected chi connectivity index (χ3v) is 3.58. The van der Waals surface area contributed by atoms with Gasteiger partial charge in [0.2, 0.25) is 0 Å². The second kappa shape index (κ2) is 5.03. The van der Waals surface area contributed by atoms with Crippen molar-refractivity contribution < 1.29 is 14.6 Å². The molecule has 1 aliphatic heterocycles. The summed E-state index contributed by atoms with van der Waals surface area (Å²) in [7, 11) is 0. The summed E-state index contributed by atoms with van der Waals surface area (Å²) in [4.78, 5) is 10.6. The van der Waals surface area contributed by atoms with Crippen molar-refractivity contribution in [2.24, 2.45) is 0 Å². The van der Waals surface area contributed by atoms with Crippen LogP contribution in [-0.4, -0.2) is 27.9 Å². The van der Waals surface area contributed by atoms with Crippen LogP contribution < -0.4 is 0 Å². The van der Waals surface area contributed by atoms with Gasteiger partial charge in [-0.25, -0.2) is 0 Å². The summed E-state index contributed by atoms with van der Waals surface area (Å²) in [5.41, 5.74) is 0.193. The molecule has 3 nitrogen and oxygen atoms in total. The van der Waals surface area contributed by atoms with Crippen molar-refractivity contribution in [1.82, 2.24) is 0 Å². The number of hydrogen-bond donors (Lipinski definition) is 1. The van der Waals surface area contributed by atoms with Crippen molar-refractivity contribution in [3.05, 3.63) is 0 Å². The van der Waals surface area contributed by atoms with E-state index in [1.165, 1.54) is 6.42 Å². The number of thioether (sulfide) groups is 1. The van der Waals surface area contributed by atoms with Gasteiger partial charge in [0, 0.05) is 11.4 Å². The number of aliphatic carboxylic acids is 1. The fourth-order valence-electron chi connectivity index (χ4n) is 1.57. The van der Waals surface area contributed by atoms with Gasteiger partial charge in [0.15, 0.2) is 0 Å². The highest BCUT2D eigenvalue weighted by molar-refractivity contribution is 8.01. The van der Waals surface area contributed by atoms with E-state index in [0.29, 0.717) is 0 Å². The van der Waals surface area contributed by atoms with E-state index in [1.54, 1.807) is 11.8 Å². The smallest absolute Gasteiger partial charge is 0.304 e. The average Bonchev–Trinajstić information content (AvgIpc) is 2.02. The summed E-state index contributed by atoms with van der Waals surface area (Å²) in [6.07, 6.45) is 3.57. The largest absolute Gasteiger partial charge is 0.481 e. The van der Waals surface area contributed by atoms with Crippen LogP contribution in [0.5, 0.6) is 0 Å². The zero-order valence-electron chi connectivity index (χ0n) is 8.78. The van der Waals surface area contributed by atoms with Crippen LogP contribution in [0, 0.1) is 0 Å². The van der Waals surface area contributed by atoms with Gasteiger partial charge < -0.3 is 9.84 Å². The zero-order chi connectivity index (χ0) is 10.6. The van der Waals surface area contributed by atoms with E-state index in [4.69, 9.17) is 9.84 Å². The molecule has 82 valence electrons. The zero-order valence-corrected chi connectivity index (χ0v) is 9.60. The van der Waals surface area contributed by atoms with Gasteiger partial charge in [-0.05, 0) is 19.3 Å².